The highest BCUT2D eigenvalue weighted by molar-refractivity contribution is 6.76. The summed E-state index contributed by atoms with van der Waals surface area (Å²) in [6, 6.07) is 6.34. The average Bonchev–Trinajstić information content (AvgIpc) is 3.23. The molecule has 2 aliphatic carbocycles. The van der Waals surface area contributed by atoms with Gasteiger partial charge in [-0.15, -0.1) is 0 Å². The number of hydrogen-bond acceptors (Lipinski definition) is 6. The van der Waals surface area contributed by atoms with Gasteiger partial charge in [-0.05, 0) is 54.8 Å². The minimum absolute atomic E-state index is 0.0726. The third-order valence-corrected chi connectivity index (χ3v) is 12.2. The predicted octanol–water partition coefficient (Wildman–Crippen LogP) is 6.18. The molecule has 3 aromatic rings. The molecule has 2 heterocycles. The molecule has 0 radical (unpaired) electrons. The summed E-state index contributed by atoms with van der Waals surface area (Å²) in [4.78, 5) is 5.16. The van der Waals surface area contributed by atoms with E-state index in [1.807, 2.05) is 13.1 Å². The maximum absolute atomic E-state index is 10.2. The van der Waals surface area contributed by atoms with Crippen molar-refractivity contribution in [2.75, 3.05) is 25.6 Å². The van der Waals surface area contributed by atoms with Crippen LogP contribution >= 0.6 is 0 Å². The Morgan fingerprint density at radius 2 is 1.73 bits per heavy atom. The number of fused-ring (bicyclic) bond motifs is 3. The summed E-state index contributed by atoms with van der Waals surface area (Å²) in [5.74, 6) is 1.53. The Hall–Kier alpha value is -1.99. The Labute approximate surface area is 241 Å². The first-order valence-corrected chi connectivity index (χ1v) is 22.3. The number of aliphatic hydroxyl groups excluding tert-OH is 1. The molecule has 8 nitrogen and oxygen atoms in total. The second-order valence-corrected chi connectivity index (χ2v) is 25.9. The quantitative estimate of drug-likeness (QED) is 0.185. The Balaban J connectivity index is 1.55. The van der Waals surface area contributed by atoms with Crippen LogP contribution in [0.2, 0.25) is 51.4 Å². The summed E-state index contributed by atoms with van der Waals surface area (Å²) in [6.45, 7) is 19.0. The van der Waals surface area contributed by atoms with Crippen molar-refractivity contribution in [2.24, 2.45) is 11.3 Å². The molecule has 0 bridgehead atoms. The second-order valence-electron chi connectivity index (χ2n) is 14.7. The van der Waals surface area contributed by atoms with E-state index in [0.29, 0.717) is 24.8 Å². The lowest BCUT2D eigenvalue weighted by Crippen LogP contribution is -2.23. The van der Waals surface area contributed by atoms with Crippen LogP contribution in [0.15, 0.2) is 12.1 Å². The van der Waals surface area contributed by atoms with Crippen molar-refractivity contribution in [1.29, 1.82) is 0 Å². The van der Waals surface area contributed by atoms with Crippen molar-refractivity contribution in [1.82, 2.24) is 19.3 Å². The molecule has 10 heteroatoms. The minimum Gasteiger partial charge on any atom is -0.392 e. The number of hydrogen-bond donors (Lipinski definition) is 2. The maximum atomic E-state index is 10.2. The fourth-order valence-electron chi connectivity index (χ4n) is 5.83. The topological polar surface area (TPSA) is 86.4 Å². The Morgan fingerprint density at radius 3 is 2.35 bits per heavy atom. The monoisotopic (exact) mass is 583 g/mol. The molecule has 1 aromatic carbocycles. The van der Waals surface area contributed by atoms with Crippen LogP contribution < -0.4 is 5.32 Å². The van der Waals surface area contributed by atoms with E-state index in [-0.39, 0.29) is 6.61 Å². The lowest BCUT2D eigenvalue weighted by atomic mass is 9.87. The molecule has 40 heavy (non-hydrogen) atoms. The van der Waals surface area contributed by atoms with Gasteiger partial charge in [0.25, 0.3) is 0 Å². The summed E-state index contributed by atoms with van der Waals surface area (Å²) < 4.78 is 16.8. The highest BCUT2D eigenvalue weighted by atomic mass is 28.3. The number of nitrogens with zero attached hydrogens (tertiary/aromatic N) is 4. The fraction of sp³-hybridized carbons (Fsp3) is 0.667. The first-order valence-electron chi connectivity index (χ1n) is 14.9. The molecule has 2 atom stereocenters. The molecule has 2 aliphatic rings. The van der Waals surface area contributed by atoms with Crippen LogP contribution in [0.1, 0.15) is 30.2 Å². The average molecular weight is 584 g/mol. The van der Waals surface area contributed by atoms with E-state index < -0.39 is 16.1 Å². The molecule has 1 saturated carbocycles. The van der Waals surface area contributed by atoms with Crippen molar-refractivity contribution in [3.63, 3.8) is 0 Å². The highest BCUT2D eigenvalue weighted by Gasteiger charge is 2.54. The van der Waals surface area contributed by atoms with Crippen molar-refractivity contribution in [3.8, 4) is 11.5 Å². The molecule has 0 amide bonds. The molecule has 220 valence electrons. The number of anilines is 1. The number of nitrogens with one attached hydrogen (secondary N) is 1. The van der Waals surface area contributed by atoms with Gasteiger partial charge in [0.1, 0.15) is 19.2 Å². The Bertz CT molecular complexity index is 1370. The first-order chi connectivity index (χ1) is 18.8. The molecule has 0 saturated heterocycles. The SMILES string of the molecule is CNc1cc(CO)c2nc(-c3nn(COCC[Si](C)(C)C)c4c3C[C@@H]3C[C@]3(C)C4)n(COCC[Si](C)(C)C)c2c1. The first kappa shape index (κ1) is 29.5. The van der Waals surface area contributed by atoms with E-state index in [0.717, 1.165) is 71.9 Å². The van der Waals surface area contributed by atoms with Crippen molar-refractivity contribution >= 4 is 32.9 Å². The zero-order valence-corrected chi connectivity index (χ0v) is 27.9. The summed E-state index contributed by atoms with van der Waals surface area (Å²) in [5, 5.41) is 18.7. The van der Waals surface area contributed by atoms with Crippen molar-refractivity contribution in [3.05, 3.63) is 29.0 Å². The highest BCUT2D eigenvalue weighted by Crippen LogP contribution is 2.60. The Morgan fingerprint density at radius 1 is 1.05 bits per heavy atom. The standard InChI is InChI=1S/C30H49N5O3Si2/c1-30-16-22(30)14-24-26(17-30)35(20-38-10-12-40(6,7)8)33-28(24)29-32-27-21(18-36)13-23(31-2)15-25(27)34(29)19-37-9-11-39(3,4)5/h13,15,22,31,36H,9-12,14,16-20H2,1-8H3/t22-,30-/m1/s1. The summed E-state index contributed by atoms with van der Waals surface area (Å²) in [5.41, 5.74) is 7.46. The van der Waals surface area contributed by atoms with Gasteiger partial charge in [-0.1, -0.05) is 46.2 Å². The van der Waals surface area contributed by atoms with Gasteiger partial charge in [0.2, 0.25) is 0 Å². The van der Waals surface area contributed by atoms with Crippen LogP contribution in [0.5, 0.6) is 0 Å². The van der Waals surface area contributed by atoms with Crippen molar-refractivity contribution < 1.29 is 14.6 Å². The molecular weight excluding hydrogens is 535 g/mol. The number of ether oxygens (including phenoxy) is 2. The lowest BCUT2D eigenvalue weighted by molar-refractivity contribution is 0.0756. The molecule has 1 fully saturated rings. The normalized spacial score (nSPS) is 20.6. The zero-order chi connectivity index (χ0) is 28.9. The van der Waals surface area contributed by atoms with Gasteiger partial charge in [-0.2, -0.15) is 5.10 Å². The molecule has 5 rings (SSSR count). The third-order valence-electron chi connectivity index (χ3n) is 8.76. The van der Waals surface area contributed by atoms with Crippen LogP contribution in [0.25, 0.3) is 22.6 Å². The van der Waals surface area contributed by atoms with E-state index in [4.69, 9.17) is 19.6 Å². The molecule has 0 spiro atoms. The van der Waals surface area contributed by atoms with E-state index in [2.05, 4.69) is 66.8 Å². The summed E-state index contributed by atoms with van der Waals surface area (Å²) in [7, 11) is -0.475. The minimum atomic E-state index is -1.21. The van der Waals surface area contributed by atoms with Crippen molar-refractivity contribution in [2.45, 2.75) is 97.6 Å². The predicted molar refractivity (Wildman–Crippen MR) is 168 cm³/mol. The lowest BCUT2D eigenvalue weighted by Gasteiger charge is -2.20. The van der Waals surface area contributed by atoms with Crippen LogP contribution in [0, 0.1) is 11.3 Å². The number of rotatable bonds is 13. The number of aromatic nitrogens is 4. The van der Waals surface area contributed by atoms with Gasteiger partial charge in [0.05, 0.1) is 17.6 Å². The fourth-order valence-corrected chi connectivity index (χ4v) is 7.35. The van der Waals surface area contributed by atoms with E-state index in [9.17, 15) is 5.11 Å². The van der Waals surface area contributed by atoms with E-state index in [1.165, 1.54) is 17.7 Å². The van der Waals surface area contributed by atoms with Crippen LogP contribution in [0.4, 0.5) is 5.69 Å². The molecule has 2 N–H and O–H groups in total. The van der Waals surface area contributed by atoms with Gasteiger partial charge < -0.3 is 19.9 Å². The molecule has 0 aliphatic heterocycles. The second kappa shape index (κ2) is 11.0. The van der Waals surface area contributed by atoms with Gasteiger partial charge in [-0.25, -0.2) is 9.67 Å². The largest absolute Gasteiger partial charge is 0.392 e. The number of benzene rings is 1. The van der Waals surface area contributed by atoms with Crippen LogP contribution in [-0.4, -0.2) is 60.8 Å². The Kier molecular flexibility index (Phi) is 8.13. The molecule has 0 unspecified atom stereocenters. The smallest absolute Gasteiger partial charge is 0.163 e. The van der Waals surface area contributed by atoms with Gasteiger partial charge in [0, 0.05) is 58.9 Å². The maximum Gasteiger partial charge on any atom is 0.163 e. The summed E-state index contributed by atoms with van der Waals surface area (Å²) in [6.07, 6.45) is 3.34. The van der Waals surface area contributed by atoms with Crippen LogP contribution in [-0.2, 0) is 42.4 Å². The third kappa shape index (κ3) is 6.26. The van der Waals surface area contributed by atoms with Gasteiger partial charge in [-0.3, -0.25) is 4.57 Å². The number of imidazole rings is 1. The zero-order valence-electron chi connectivity index (χ0n) is 25.9. The van der Waals surface area contributed by atoms with E-state index in [1.54, 1.807) is 0 Å². The molecule has 2 aromatic heterocycles. The number of aliphatic hydroxyl groups is 1. The van der Waals surface area contributed by atoms with Crippen LogP contribution in [0.3, 0.4) is 0 Å². The van der Waals surface area contributed by atoms with Gasteiger partial charge >= 0.3 is 0 Å². The van der Waals surface area contributed by atoms with Gasteiger partial charge in [0.15, 0.2) is 5.82 Å². The summed E-state index contributed by atoms with van der Waals surface area (Å²) >= 11 is 0. The molecular formula is C30H49N5O3Si2. The van der Waals surface area contributed by atoms with E-state index >= 15 is 0 Å².